The lowest BCUT2D eigenvalue weighted by atomic mass is 10.1. The Kier molecular flexibility index (Phi) is 3.67. The van der Waals surface area contributed by atoms with Gasteiger partial charge in [-0.15, -0.1) is 3.89 Å². The SMILES string of the molecule is O=C1CC(CS(=O)(=O)F)CN1c1cc(Br)ccn1. The highest BCUT2D eigenvalue weighted by Gasteiger charge is 2.34. The van der Waals surface area contributed by atoms with Crippen LogP contribution in [0.25, 0.3) is 0 Å². The smallest absolute Gasteiger partial charge is 0.296 e. The van der Waals surface area contributed by atoms with E-state index < -0.39 is 21.9 Å². The fraction of sp³-hybridized carbons (Fsp3) is 0.400. The van der Waals surface area contributed by atoms with Crippen molar-refractivity contribution < 1.29 is 17.1 Å². The Morgan fingerprint density at radius 3 is 2.89 bits per heavy atom. The van der Waals surface area contributed by atoms with Crippen molar-refractivity contribution in [2.45, 2.75) is 6.42 Å². The summed E-state index contributed by atoms with van der Waals surface area (Å²) in [4.78, 5) is 17.1. The van der Waals surface area contributed by atoms with Gasteiger partial charge in [0.05, 0.1) is 5.75 Å². The number of hydrogen-bond donors (Lipinski definition) is 0. The number of nitrogens with zero attached hydrogens (tertiary/aromatic N) is 2. The Bertz CT molecular complexity index is 578. The van der Waals surface area contributed by atoms with Gasteiger partial charge in [0.1, 0.15) is 5.82 Å². The maximum Gasteiger partial charge on any atom is 0.302 e. The van der Waals surface area contributed by atoms with Gasteiger partial charge in [-0.3, -0.25) is 9.69 Å². The lowest BCUT2D eigenvalue weighted by Gasteiger charge is -2.15. The van der Waals surface area contributed by atoms with Crippen molar-refractivity contribution in [3.63, 3.8) is 0 Å². The van der Waals surface area contributed by atoms with E-state index in [-0.39, 0.29) is 18.9 Å². The Hall–Kier alpha value is -1.02. The fourth-order valence-electron chi connectivity index (χ4n) is 1.94. The van der Waals surface area contributed by atoms with Gasteiger partial charge >= 0.3 is 10.2 Å². The van der Waals surface area contributed by atoms with Crippen LogP contribution in [0.1, 0.15) is 6.42 Å². The number of pyridine rings is 1. The Labute approximate surface area is 112 Å². The Morgan fingerprint density at radius 2 is 2.28 bits per heavy atom. The molecule has 1 fully saturated rings. The fourth-order valence-corrected chi connectivity index (χ4v) is 3.05. The molecule has 1 aliphatic heterocycles. The lowest BCUT2D eigenvalue weighted by molar-refractivity contribution is -0.117. The average molecular weight is 337 g/mol. The highest BCUT2D eigenvalue weighted by Crippen LogP contribution is 2.26. The van der Waals surface area contributed by atoms with Gasteiger partial charge in [0, 0.05) is 29.6 Å². The van der Waals surface area contributed by atoms with Crippen LogP contribution in [0.5, 0.6) is 0 Å². The van der Waals surface area contributed by atoms with Crippen LogP contribution in [-0.2, 0) is 15.0 Å². The highest BCUT2D eigenvalue weighted by atomic mass is 79.9. The van der Waals surface area contributed by atoms with Crippen molar-refractivity contribution in [1.29, 1.82) is 0 Å². The van der Waals surface area contributed by atoms with E-state index >= 15 is 0 Å². The maximum atomic E-state index is 12.6. The lowest BCUT2D eigenvalue weighted by Crippen LogP contribution is -2.26. The van der Waals surface area contributed by atoms with Gasteiger partial charge in [-0.25, -0.2) is 4.98 Å². The second-order valence-corrected chi connectivity index (χ2v) is 6.44. The second-order valence-electron chi connectivity index (χ2n) is 4.11. The molecule has 98 valence electrons. The zero-order valence-corrected chi connectivity index (χ0v) is 11.6. The van der Waals surface area contributed by atoms with Crippen LogP contribution < -0.4 is 4.90 Å². The van der Waals surface area contributed by atoms with Gasteiger partial charge in [0.25, 0.3) is 0 Å². The Balaban J connectivity index is 2.15. The first-order valence-corrected chi connectivity index (χ1v) is 7.54. The van der Waals surface area contributed by atoms with Crippen LogP contribution >= 0.6 is 15.9 Å². The molecule has 1 aromatic rings. The number of rotatable bonds is 3. The number of carbonyl (C=O) groups is 1. The predicted octanol–water partition coefficient (Wildman–Crippen LogP) is 1.50. The number of amides is 1. The van der Waals surface area contributed by atoms with E-state index in [2.05, 4.69) is 20.9 Å². The zero-order valence-electron chi connectivity index (χ0n) is 9.21. The van der Waals surface area contributed by atoms with Gasteiger partial charge in [0.15, 0.2) is 0 Å². The molecule has 1 unspecified atom stereocenters. The predicted molar refractivity (Wildman–Crippen MR) is 67.3 cm³/mol. The zero-order chi connectivity index (χ0) is 13.3. The second kappa shape index (κ2) is 4.93. The number of aromatic nitrogens is 1. The molecule has 0 spiro atoms. The summed E-state index contributed by atoms with van der Waals surface area (Å²) in [6, 6.07) is 3.37. The number of hydrogen-bond acceptors (Lipinski definition) is 4. The van der Waals surface area contributed by atoms with E-state index in [1.807, 2.05) is 0 Å². The standard InChI is InChI=1S/C10H10BrFN2O3S/c11-8-1-2-13-9(4-8)14-5-7(3-10(14)15)6-18(12,16)17/h1-2,4,7H,3,5-6H2. The first-order valence-electron chi connectivity index (χ1n) is 5.19. The minimum atomic E-state index is -4.55. The molecule has 1 aliphatic rings. The molecule has 0 saturated carbocycles. The largest absolute Gasteiger partial charge is 0.302 e. The molecule has 2 heterocycles. The first kappa shape index (κ1) is 13.4. The highest BCUT2D eigenvalue weighted by molar-refractivity contribution is 9.10. The molecule has 0 bridgehead atoms. The molecule has 5 nitrogen and oxygen atoms in total. The average Bonchev–Trinajstić information content (AvgIpc) is 2.56. The van der Waals surface area contributed by atoms with Crippen molar-refractivity contribution in [2.24, 2.45) is 5.92 Å². The van der Waals surface area contributed by atoms with Crippen molar-refractivity contribution in [2.75, 3.05) is 17.2 Å². The van der Waals surface area contributed by atoms with Crippen LogP contribution in [0.2, 0.25) is 0 Å². The van der Waals surface area contributed by atoms with Crippen LogP contribution in [0.3, 0.4) is 0 Å². The van der Waals surface area contributed by atoms with Gasteiger partial charge in [0.2, 0.25) is 5.91 Å². The molecule has 1 atom stereocenters. The van der Waals surface area contributed by atoms with Crippen LogP contribution in [-0.4, -0.2) is 31.6 Å². The van der Waals surface area contributed by atoms with E-state index in [4.69, 9.17) is 0 Å². The molecule has 1 aromatic heterocycles. The summed E-state index contributed by atoms with van der Waals surface area (Å²) < 4.78 is 34.5. The summed E-state index contributed by atoms with van der Waals surface area (Å²) in [5, 5.41) is 0. The van der Waals surface area contributed by atoms with E-state index in [1.54, 1.807) is 12.1 Å². The van der Waals surface area contributed by atoms with Gasteiger partial charge in [-0.1, -0.05) is 15.9 Å². The van der Waals surface area contributed by atoms with Crippen LogP contribution in [0.4, 0.5) is 9.70 Å². The topological polar surface area (TPSA) is 67.3 Å². The summed E-state index contributed by atoms with van der Waals surface area (Å²) in [7, 11) is -4.55. The van der Waals surface area contributed by atoms with Crippen LogP contribution in [0, 0.1) is 5.92 Å². The number of halogens is 2. The van der Waals surface area contributed by atoms with Gasteiger partial charge in [-0.05, 0) is 12.1 Å². The molecule has 8 heteroatoms. The monoisotopic (exact) mass is 336 g/mol. The van der Waals surface area contributed by atoms with E-state index in [1.165, 1.54) is 11.1 Å². The molecule has 0 aliphatic carbocycles. The van der Waals surface area contributed by atoms with Gasteiger partial charge < -0.3 is 0 Å². The molecule has 0 aromatic carbocycles. The molecule has 1 saturated heterocycles. The molecule has 0 N–H and O–H groups in total. The third-order valence-electron chi connectivity index (χ3n) is 2.62. The molecule has 2 rings (SSSR count). The Morgan fingerprint density at radius 1 is 1.56 bits per heavy atom. The van der Waals surface area contributed by atoms with Crippen molar-refractivity contribution in [1.82, 2.24) is 4.98 Å². The molecular weight excluding hydrogens is 327 g/mol. The number of carbonyl (C=O) groups excluding carboxylic acids is 1. The quantitative estimate of drug-likeness (QED) is 0.784. The third-order valence-corrected chi connectivity index (χ3v) is 3.99. The third kappa shape index (κ3) is 3.26. The van der Waals surface area contributed by atoms with Crippen molar-refractivity contribution >= 4 is 37.9 Å². The summed E-state index contributed by atoms with van der Waals surface area (Å²) in [6.07, 6.45) is 1.56. The summed E-state index contributed by atoms with van der Waals surface area (Å²) >= 11 is 3.26. The summed E-state index contributed by atoms with van der Waals surface area (Å²) in [6.45, 7) is 0.172. The summed E-state index contributed by atoms with van der Waals surface area (Å²) in [5.41, 5.74) is 0. The molecular formula is C10H10BrFN2O3S. The molecule has 1 amide bonds. The number of anilines is 1. The normalized spacial score (nSPS) is 20.4. The molecule has 18 heavy (non-hydrogen) atoms. The van der Waals surface area contributed by atoms with Crippen molar-refractivity contribution in [3.8, 4) is 0 Å². The minimum Gasteiger partial charge on any atom is -0.296 e. The van der Waals surface area contributed by atoms with E-state index in [9.17, 15) is 17.1 Å². The van der Waals surface area contributed by atoms with Gasteiger partial charge in [-0.2, -0.15) is 8.42 Å². The van der Waals surface area contributed by atoms with E-state index in [0.29, 0.717) is 5.82 Å². The molecule has 0 radical (unpaired) electrons. The first-order chi connectivity index (χ1) is 8.35. The van der Waals surface area contributed by atoms with E-state index in [0.717, 1.165) is 4.47 Å². The maximum absolute atomic E-state index is 12.6. The minimum absolute atomic E-state index is 0.0251. The van der Waals surface area contributed by atoms with Crippen LogP contribution in [0.15, 0.2) is 22.8 Å². The van der Waals surface area contributed by atoms with Crippen molar-refractivity contribution in [3.05, 3.63) is 22.8 Å². The summed E-state index contributed by atoms with van der Waals surface area (Å²) in [5.74, 6) is -0.945.